The van der Waals surface area contributed by atoms with Crippen molar-refractivity contribution in [3.8, 4) is 0 Å². The van der Waals surface area contributed by atoms with Crippen LogP contribution in [0.4, 0.5) is 23.2 Å². The second-order valence-electron chi connectivity index (χ2n) is 5.99. The normalized spacial score (nSPS) is 11.3. The van der Waals surface area contributed by atoms with Gasteiger partial charge >= 0.3 is 6.18 Å². The van der Waals surface area contributed by atoms with Gasteiger partial charge in [-0.3, -0.25) is 9.59 Å². The minimum atomic E-state index is -4.61. The molecule has 0 aliphatic carbocycles. The molecule has 0 aliphatic rings. The van der Waals surface area contributed by atoms with Crippen LogP contribution in [-0.4, -0.2) is 15.7 Å². The number of halogens is 5. The van der Waals surface area contributed by atoms with Gasteiger partial charge in [-0.05, 0) is 42.0 Å². The van der Waals surface area contributed by atoms with Crippen molar-refractivity contribution in [1.29, 1.82) is 0 Å². The fourth-order valence-corrected chi connectivity index (χ4v) is 2.64. The summed E-state index contributed by atoms with van der Waals surface area (Å²) in [6.45, 7) is -0.0952. The molecular weight excluding hydrogens is 414 g/mol. The van der Waals surface area contributed by atoms with Crippen molar-refractivity contribution in [1.82, 2.24) is 9.78 Å². The molecule has 10 heteroatoms. The Morgan fingerprint density at radius 2 is 1.86 bits per heavy atom. The van der Waals surface area contributed by atoms with Gasteiger partial charge < -0.3 is 5.32 Å². The van der Waals surface area contributed by atoms with Gasteiger partial charge in [-0.15, -0.1) is 0 Å². The number of aromatic nitrogens is 2. The molecular formula is C19H12ClF4N3O2. The number of hydrogen-bond donors (Lipinski definition) is 1. The van der Waals surface area contributed by atoms with Crippen molar-refractivity contribution in [3.05, 3.63) is 92.6 Å². The Hall–Kier alpha value is -3.20. The van der Waals surface area contributed by atoms with Crippen molar-refractivity contribution in [3.63, 3.8) is 0 Å². The van der Waals surface area contributed by atoms with Crippen LogP contribution in [0.3, 0.4) is 0 Å². The highest BCUT2D eigenvalue weighted by atomic mass is 35.5. The topological polar surface area (TPSA) is 64.0 Å². The Morgan fingerprint density at radius 1 is 1.10 bits per heavy atom. The van der Waals surface area contributed by atoms with E-state index in [1.807, 2.05) is 0 Å². The summed E-state index contributed by atoms with van der Waals surface area (Å²) in [6, 6.07) is 10.2. The first kappa shape index (κ1) is 20.5. The second kappa shape index (κ2) is 8.04. The van der Waals surface area contributed by atoms with E-state index in [-0.39, 0.29) is 22.9 Å². The lowest BCUT2D eigenvalue weighted by molar-refractivity contribution is -0.137. The molecule has 0 atom stereocenters. The molecule has 0 spiro atoms. The summed E-state index contributed by atoms with van der Waals surface area (Å²) in [6.07, 6.45) is -4.61. The summed E-state index contributed by atoms with van der Waals surface area (Å²) in [5.74, 6) is -1.36. The van der Waals surface area contributed by atoms with Crippen LogP contribution >= 0.6 is 11.6 Å². The number of nitrogens with zero attached hydrogens (tertiary/aromatic N) is 2. The molecule has 0 bridgehead atoms. The predicted molar refractivity (Wildman–Crippen MR) is 98.4 cm³/mol. The van der Waals surface area contributed by atoms with Crippen molar-refractivity contribution >= 4 is 23.2 Å². The van der Waals surface area contributed by atoms with Crippen LogP contribution in [-0.2, 0) is 12.7 Å². The van der Waals surface area contributed by atoms with E-state index in [9.17, 15) is 27.2 Å². The highest BCUT2D eigenvalue weighted by Gasteiger charge is 2.31. The molecule has 3 rings (SSSR count). The fourth-order valence-electron chi connectivity index (χ4n) is 2.48. The summed E-state index contributed by atoms with van der Waals surface area (Å²) >= 11 is 5.86. The summed E-state index contributed by atoms with van der Waals surface area (Å²) in [5, 5.41) is 6.05. The zero-order valence-corrected chi connectivity index (χ0v) is 15.3. The van der Waals surface area contributed by atoms with Crippen molar-refractivity contribution < 1.29 is 22.4 Å². The van der Waals surface area contributed by atoms with Gasteiger partial charge in [0, 0.05) is 6.07 Å². The number of carbonyl (C=O) groups is 1. The number of hydrogen-bond acceptors (Lipinski definition) is 3. The van der Waals surface area contributed by atoms with Crippen LogP contribution in [0, 0.1) is 5.82 Å². The molecule has 2 aromatic carbocycles. The van der Waals surface area contributed by atoms with Gasteiger partial charge in [0.25, 0.3) is 11.5 Å². The van der Waals surface area contributed by atoms with Gasteiger partial charge in [0.05, 0.1) is 22.8 Å². The molecule has 1 amide bonds. The predicted octanol–water partition coefficient (Wildman–Crippen LogP) is 4.36. The van der Waals surface area contributed by atoms with E-state index in [0.717, 1.165) is 28.9 Å². The Bertz CT molecular complexity index is 1130. The maximum atomic E-state index is 13.3. The quantitative estimate of drug-likeness (QED) is 0.632. The average Bonchev–Trinajstić information content (AvgIpc) is 2.64. The Labute approximate surface area is 166 Å². The lowest BCUT2D eigenvalue weighted by atomic mass is 10.2. The minimum absolute atomic E-state index is 0.0952. The molecule has 150 valence electrons. The van der Waals surface area contributed by atoms with E-state index in [4.69, 9.17) is 11.6 Å². The van der Waals surface area contributed by atoms with E-state index in [1.165, 1.54) is 18.2 Å². The van der Waals surface area contributed by atoms with Crippen LogP contribution in [0.1, 0.15) is 21.6 Å². The summed E-state index contributed by atoms with van der Waals surface area (Å²) in [5.41, 5.74) is -1.56. The SMILES string of the molecule is O=C(Nc1cc(C(F)(F)F)ccc1Cl)c1ccc(=O)n(Cc2cccc(F)c2)n1. The summed E-state index contributed by atoms with van der Waals surface area (Å²) < 4.78 is 52.8. The maximum Gasteiger partial charge on any atom is 0.416 e. The molecule has 1 heterocycles. The standard InChI is InChI=1S/C19H12ClF4N3O2/c20-14-5-4-12(19(22,23)24)9-16(14)25-18(29)15-6-7-17(28)27(26-15)10-11-2-1-3-13(21)8-11/h1-9H,10H2,(H,25,29). The molecule has 0 aliphatic heterocycles. The van der Waals surface area contributed by atoms with Gasteiger partial charge in [0.15, 0.2) is 0 Å². The molecule has 1 N–H and O–H groups in total. The molecule has 0 radical (unpaired) electrons. The lowest BCUT2D eigenvalue weighted by Gasteiger charge is -2.12. The Morgan fingerprint density at radius 3 is 2.55 bits per heavy atom. The van der Waals surface area contributed by atoms with Crippen LogP contribution in [0.5, 0.6) is 0 Å². The largest absolute Gasteiger partial charge is 0.416 e. The smallest absolute Gasteiger partial charge is 0.319 e. The van der Waals surface area contributed by atoms with Crippen molar-refractivity contribution in [2.45, 2.75) is 12.7 Å². The molecule has 29 heavy (non-hydrogen) atoms. The maximum absolute atomic E-state index is 13.3. The van der Waals surface area contributed by atoms with Gasteiger partial charge in [0.1, 0.15) is 11.5 Å². The number of benzene rings is 2. The van der Waals surface area contributed by atoms with Crippen molar-refractivity contribution in [2.75, 3.05) is 5.32 Å². The molecule has 3 aromatic rings. The van der Waals surface area contributed by atoms with Gasteiger partial charge in [-0.2, -0.15) is 18.3 Å². The number of amides is 1. The lowest BCUT2D eigenvalue weighted by Crippen LogP contribution is -2.26. The van der Waals surface area contributed by atoms with E-state index < -0.39 is 29.0 Å². The van der Waals surface area contributed by atoms with Crippen LogP contribution in [0.25, 0.3) is 0 Å². The first-order chi connectivity index (χ1) is 13.6. The number of rotatable bonds is 4. The van der Waals surface area contributed by atoms with Gasteiger partial charge in [0.2, 0.25) is 0 Å². The molecule has 5 nitrogen and oxygen atoms in total. The average molecular weight is 426 g/mol. The van der Waals surface area contributed by atoms with Crippen LogP contribution < -0.4 is 10.9 Å². The van der Waals surface area contributed by atoms with E-state index >= 15 is 0 Å². The summed E-state index contributed by atoms with van der Waals surface area (Å²) in [4.78, 5) is 24.4. The first-order valence-corrected chi connectivity index (χ1v) is 8.52. The molecule has 0 fully saturated rings. The number of anilines is 1. The third-order valence-electron chi connectivity index (χ3n) is 3.86. The van der Waals surface area contributed by atoms with Gasteiger partial charge in [-0.1, -0.05) is 23.7 Å². The highest BCUT2D eigenvalue weighted by molar-refractivity contribution is 6.33. The van der Waals surface area contributed by atoms with E-state index in [2.05, 4.69) is 10.4 Å². The van der Waals surface area contributed by atoms with E-state index in [0.29, 0.717) is 11.6 Å². The number of carbonyl (C=O) groups excluding carboxylic acids is 1. The summed E-state index contributed by atoms with van der Waals surface area (Å²) in [7, 11) is 0. The number of alkyl halides is 3. The number of nitrogens with one attached hydrogen (secondary N) is 1. The van der Waals surface area contributed by atoms with Crippen molar-refractivity contribution in [2.24, 2.45) is 0 Å². The third kappa shape index (κ3) is 5.00. The molecule has 0 saturated heterocycles. The first-order valence-electron chi connectivity index (χ1n) is 8.14. The third-order valence-corrected chi connectivity index (χ3v) is 4.19. The Kier molecular flexibility index (Phi) is 5.69. The zero-order valence-electron chi connectivity index (χ0n) is 14.5. The molecule has 0 unspecified atom stereocenters. The van der Waals surface area contributed by atoms with Gasteiger partial charge in [-0.25, -0.2) is 9.07 Å². The fraction of sp³-hybridized carbons (Fsp3) is 0.105. The van der Waals surface area contributed by atoms with E-state index in [1.54, 1.807) is 6.07 Å². The molecule has 0 saturated carbocycles. The zero-order chi connectivity index (χ0) is 21.2. The van der Waals surface area contributed by atoms with Crippen LogP contribution in [0.15, 0.2) is 59.4 Å². The Balaban J connectivity index is 1.86. The second-order valence-corrected chi connectivity index (χ2v) is 6.40. The van der Waals surface area contributed by atoms with Crippen LogP contribution in [0.2, 0.25) is 5.02 Å². The minimum Gasteiger partial charge on any atom is -0.319 e. The molecule has 1 aromatic heterocycles. The monoisotopic (exact) mass is 425 g/mol. The highest BCUT2D eigenvalue weighted by Crippen LogP contribution is 2.33.